The molecule has 0 bridgehead atoms. The minimum absolute atomic E-state index is 0.0539. The lowest BCUT2D eigenvalue weighted by Gasteiger charge is -2.34. The second kappa shape index (κ2) is 9.46. The van der Waals surface area contributed by atoms with Gasteiger partial charge in [-0.05, 0) is 30.2 Å². The third-order valence-electron chi connectivity index (χ3n) is 5.30. The van der Waals surface area contributed by atoms with Crippen molar-refractivity contribution >= 4 is 49.7 Å². The minimum atomic E-state index is -3.69. The summed E-state index contributed by atoms with van der Waals surface area (Å²) in [5, 5.41) is 3.49. The molecule has 1 aromatic heterocycles. The van der Waals surface area contributed by atoms with Crippen LogP contribution in [0.4, 0.5) is 5.13 Å². The quantitative estimate of drug-likeness (QED) is 0.447. The third-order valence-corrected chi connectivity index (χ3v) is 8.82. The van der Waals surface area contributed by atoms with Gasteiger partial charge in [0.25, 0.3) is 0 Å². The number of hydrogen-bond donors (Lipinski definition) is 0. The number of hydrogen-bond acceptors (Lipinski definition) is 5. The first-order chi connectivity index (χ1) is 14.9. The number of sulfonamides is 1. The number of aromatic nitrogens is 1. The van der Waals surface area contributed by atoms with Crippen molar-refractivity contribution in [2.24, 2.45) is 0 Å². The van der Waals surface area contributed by atoms with Gasteiger partial charge < -0.3 is 4.90 Å². The van der Waals surface area contributed by atoms with Crippen LogP contribution in [-0.2, 0) is 16.4 Å². The molecule has 0 aliphatic carbocycles. The Morgan fingerprint density at radius 1 is 1.03 bits per heavy atom. The molecule has 1 aliphatic rings. The average Bonchev–Trinajstić information content (AvgIpc) is 3.26. The zero-order valence-electron chi connectivity index (χ0n) is 17.1. The van der Waals surface area contributed by atoms with E-state index in [-0.39, 0.29) is 9.92 Å². The fraction of sp³-hybridized carbons (Fsp3) is 0.318. The summed E-state index contributed by atoms with van der Waals surface area (Å²) >= 11 is 13.7. The summed E-state index contributed by atoms with van der Waals surface area (Å²) in [4.78, 5) is 6.97. The van der Waals surface area contributed by atoms with Crippen LogP contribution in [0, 0.1) is 0 Å². The Hall–Kier alpha value is -1.64. The van der Waals surface area contributed by atoms with Crippen molar-refractivity contribution in [3.63, 3.8) is 0 Å². The SMILES string of the molecule is CCCc1ccc(-c2csc(N3CCN(S(=O)(=O)c4cc(Cl)ccc4Cl)CC3)n2)cc1. The second-order valence-electron chi connectivity index (χ2n) is 7.43. The maximum absolute atomic E-state index is 13.0. The summed E-state index contributed by atoms with van der Waals surface area (Å²) in [6, 6.07) is 13.0. The highest BCUT2D eigenvalue weighted by Gasteiger charge is 2.31. The molecular formula is C22H23Cl2N3O2S2. The average molecular weight is 496 g/mol. The molecule has 1 aliphatic heterocycles. The molecule has 1 fully saturated rings. The molecule has 2 heterocycles. The molecule has 4 rings (SSSR count). The predicted molar refractivity (Wildman–Crippen MR) is 129 cm³/mol. The van der Waals surface area contributed by atoms with Gasteiger partial charge in [-0.2, -0.15) is 4.31 Å². The molecule has 1 saturated heterocycles. The Morgan fingerprint density at radius 3 is 2.42 bits per heavy atom. The van der Waals surface area contributed by atoms with Gasteiger partial charge in [0.1, 0.15) is 4.90 Å². The van der Waals surface area contributed by atoms with E-state index in [1.807, 2.05) is 0 Å². The van der Waals surface area contributed by atoms with E-state index in [4.69, 9.17) is 28.2 Å². The first-order valence-electron chi connectivity index (χ1n) is 10.1. The highest BCUT2D eigenvalue weighted by Crippen LogP contribution is 2.31. The molecule has 0 spiro atoms. The van der Waals surface area contributed by atoms with Crippen LogP contribution in [-0.4, -0.2) is 43.9 Å². The van der Waals surface area contributed by atoms with Crippen LogP contribution in [0.5, 0.6) is 0 Å². The molecule has 5 nitrogen and oxygen atoms in total. The number of benzene rings is 2. The molecule has 0 N–H and O–H groups in total. The van der Waals surface area contributed by atoms with Gasteiger partial charge in [-0.15, -0.1) is 11.3 Å². The van der Waals surface area contributed by atoms with Crippen molar-refractivity contribution in [1.82, 2.24) is 9.29 Å². The highest BCUT2D eigenvalue weighted by molar-refractivity contribution is 7.89. The van der Waals surface area contributed by atoms with Gasteiger partial charge in [-0.3, -0.25) is 0 Å². The summed E-state index contributed by atoms with van der Waals surface area (Å²) in [5.74, 6) is 0. The van der Waals surface area contributed by atoms with Crippen LogP contribution >= 0.6 is 34.5 Å². The molecule has 9 heteroatoms. The van der Waals surface area contributed by atoms with Crippen LogP contribution in [0.2, 0.25) is 10.0 Å². The number of aryl methyl sites for hydroxylation is 1. The highest BCUT2D eigenvalue weighted by atomic mass is 35.5. The van der Waals surface area contributed by atoms with Crippen LogP contribution in [0.15, 0.2) is 52.7 Å². The largest absolute Gasteiger partial charge is 0.345 e. The van der Waals surface area contributed by atoms with E-state index in [1.165, 1.54) is 22.0 Å². The van der Waals surface area contributed by atoms with Crippen molar-refractivity contribution in [1.29, 1.82) is 0 Å². The first-order valence-corrected chi connectivity index (χ1v) is 13.2. The zero-order valence-corrected chi connectivity index (χ0v) is 20.2. The van der Waals surface area contributed by atoms with Crippen molar-refractivity contribution in [2.45, 2.75) is 24.7 Å². The van der Waals surface area contributed by atoms with Gasteiger partial charge in [0.2, 0.25) is 10.0 Å². The van der Waals surface area contributed by atoms with Gasteiger partial charge in [0, 0.05) is 42.1 Å². The zero-order chi connectivity index (χ0) is 22.0. The third kappa shape index (κ3) is 4.91. The number of thiazole rings is 1. The summed E-state index contributed by atoms with van der Waals surface area (Å²) in [6.45, 7) is 4.05. The van der Waals surface area contributed by atoms with Gasteiger partial charge >= 0.3 is 0 Å². The van der Waals surface area contributed by atoms with E-state index in [0.717, 1.165) is 29.2 Å². The van der Waals surface area contributed by atoms with E-state index in [9.17, 15) is 8.42 Å². The minimum Gasteiger partial charge on any atom is -0.345 e. The smallest absolute Gasteiger partial charge is 0.244 e. The van der Waals surface area contributed by atoms with Crippen molar-refractivity contribution in [2.75, 3.05) is 31.1 Å². The number of halogens is 2. The van der Waals surface area contributed by atoms with Crippen LogP contribution in [0.25, 0.3) is 11.3 Å². The summed E-state index contributed by atoms with van der Waals surface area (Å²) in [6.07, 6.45) is 2.21. The number of piperazine rings is 1. The lowest BCUT2D eigenvalue weighted by molar-refractivity contribution is 0.385. The lowest BCUT2D eigenvalue weighted by Crippen LogP contribution is -2.48. The van der Waals surface area contributed by atoms with E-state index < -0.39 is 10.0 Å². The van der Waals surface area contributed by atoms with Gasteiger partial charge in [0.05, 0.1) is 10.7 Å². The van der Waals surface area contributed by atoms with E-state index in [0.29, 0.717) is 31.2 Å². The fourth-order valence-corrected chi connectivity index (χ4v) is 6.65. The number of anilines is 1. The monoisotopic (exact) mass is 495 g/mol. The standard InChI is InChI=1S/C22H23Cl2N3O2S2/c1-2-3-16-4-6-17(7-5-16)20-15-30-22(25-20)26-10-12-27(13-11-26)31(28,29)21-14-18(23)8-9-19(21)24/h4-9,14-15H,2-3,10-13H2,1H3. The Balaban J connectivity index is 1.44. The Labute approximate surface area is 197 Å². The van der Waals surface area contributed by atoms with Crippen LogP contribution in [0.3, 0.4) is 0 Å². The Bertz CT molecular complexity index is 1160. The normalized spacial score (nSPS) is 15.4. The maximum Gasteiger partial charge on any atom is 0.244 e. The molecule has 3 aromatic rings. The first kappa shape index (κ1) is 22.6. The molecule has 0 radical (unpaired) electrons. The van der Waals surface area contributed by atoms with Crippen LogP contribution < -0.4 is 4.90 Å². The summed E-state index contributed by atoms with van der Waals surface area (Å²) in [5.41, 5.74) is 3.38. The topological polar surface area (TPSA) is 53.5 Å². The van der Waals surface area contributed by atoms with Gasteiger partial charge in [-0.25, -0.2) is 13.4 Å². The van der Waals surface area contributed by atoms with E-state index >= 15 is 0 Å². The fourth-order valence-electron chi connectivity index (χ4n) is 3.61. The molecule has 31 heavy (non-hydrogen) atoms. The van der Waals surface area contributed by atoms with Gasteiger partial charge in [-0.1, -0.05) is 60.8 Å². The Kier molecular flexibility index (Phi) is 6.89. The predicted octanol–water partition coefficient (Wildman–Crippen LogP) is 5.58. The molecular weight excluding hydrogens is 473 g/mol. The number of nitrogens with zero attached hydrogens (tertiary/aromatic N) is 3. The maximum atomic E-state index is 13.0. The van der Waals surface area contributed by atoms with Crippen molar-refractivity contribution in [3.05, 3.63) is 63.5 Å². The summed E-state index contributed by atoms with van der Waals surface area (Å²) < 4.78 is 27.5. The number of rotatable bonds is 6. The molecule has 164 valence electrons. The lowest BCUT2D eigenvalue weighted by atomic mass is 10.1. The van der Waals surface area contributed by atoms with Crippen molar-refractivity contribution in [3.8, 4) is 11.3 Å². The molecule has 0 amide bonds. The van der Waals surface area contributed by atoms with E-state index in [1.54, 1.807) is 17.4 Å². The Morgan fingerprint density at radius 2 is 1.74 bits per heavy atom. The molecule has 0 saturated carbocycles. The molecule has 2 aromatic carbocycles. The van der Waals surface area contributed by atoms with Crippen LogP contribution in [0.1, 0.15) is 18.9 Å². The van der Waals surface area contributed by atoms with E-state index in [2.05, 4.69) is 41.5 Å². The van der Waals surface area contributed by atoms with Crippen molar-refractivity contribution < 1.29 is 8.42 Å². The van der Waals surface area contributed by atoms with Gasteiger partial charge in [0.15, 0.2) is 5.13 Å². The summed E-state index contributed by atoms with van der Waals surface area (Å²) in [7, 11) is -3.69. The second-order valence-corrected chi connectivity index (χ2v) is 11.0. The molecule has 0 atom stereocenters. The molecule has 0 unspecified atom stereocenters.